The smallest absolute Gasteiger partial charge is 0.0500 e. The molecule has 0 spiro atoms. The maximum absolute atomic E-state index is 5.30. The van der Waals surface area contributed by atoms with Gasteiger partial charge in [-0.3, -0.25) is 0 Å². The summed E-state index contributed by atoms with van der Waals surface area (Å²) in [5.41, 5.74) is 1.53. The fraction of sp³-hybridized carbons (Fsp3) is 0.857. The Morgan fingerprint density at radius 1 is 1.07 bits per heavy atom. The molecule has 0 saturated heterocycles. The summed E-state index contributed by atoms with van der Waals surface area (Å²) in [5, 5.41) is 0. The molecular formula is C14H28O. The number of allylic oxidation sites excluding steroid dienone is 1. The predicted molar refractivity (Wildman–Crippen MR) is 68.2 cm³/mol. The molecule has 0 aliphatic heterocycles. The van der Waals surface area contributed by atoms with Crippen LogP contribution in [0, 0.1) is 0 Å². The van der Waals surface area contributed by atoms with E-state index in [1.165, 1.54) is 44.1 Å². The van der Waals surface area contributed by atoms with Crippen LogP contribution in [0.25, 0.3) is 0 Å². The molecule has 0 rings (SSSR count). The summed E-state index contributed by atoms with van der Waals surface area (Å²) in [6.45, 7) is 8.27. The third-order valence-electron chi connectivity index (χ3n) is 2.63. The highest BCUT2D eigenvalue weighted by Gasteiger charge is 1.92. The van der Waals surface area contributed by atoms with Crippen molar-refractivity contribution < 1.29 is 4.74 Å². The van der Waals surface area contributed by atoms with E-state index in [9.17, 15) is 0 Å². The Morgan fingerprint density at radius 2 is 1.80 bits per heavy atom. The Balaban J connectivity index is 3.26. The van der Waals surface area contributed by atoms with Gasteiger partial charge in [0, 0.05) is 13.2 Å². The number of hydrogen-bond acceptors (Lipinski definition) is 1. The van der Waals surface area contributed by atoms with Crippen molar-refractivity contribution in [2.24, 2.45) is 0 Å². The summed E-state index contributed by atoms with van der Waals surface area (Å²) in [4.78, 5) is 0. The predicted octanol–water partition coefficient (Wildman–Crippen LogP) is 4.72. The number of unbranched alkanes of at least 4 members (excludes halogenated alkanes) is 4. The maximum atomic E-state index is 5.30. The van der Waals surface area contributed by atoms with Crippen LogP contribution >= 0.6 is 0 Å². The molecule has 0 aromatic rings. The first-order valence-corrected chi connectivity index (χ1v) is 6.54. The molecule has 0 aliphatic rings. The van der Waals surface area contributed by atoms with Crippen LogP contribution in [-0.4, -0.2) is 13.2 Å². The van der Waals surface area contributed by atoms with Crippen molar-refractivity contribution in [3.8, 4) is 0 Å². The molecule has 1 nitrogen and oxygen atoms in total. The standard InChI is InChI=1S/C14H28O/c1-4-6-7-8-9-11-14(3)12-10-13-15-5-2/h12H,4-11,13H2,1-3H3/b14-12+. The van der Waals surface area contributed by atoms with Crippen LogP contribution in [0.2, 0.25) is 0 Å². The SMILES string of the molecule is CCCCCCC/C(C)=C/CCOCC. The van der Waals surface area contributed by atoms with Gasteiger partial charge in [0.2, 0.25) is 0 Å². The van der Waals surface area contributed by atoms with Crippen molar-refractivity contribution in [2.45, 2.75) is 65.7 Å². The molecule has 15 heavy (non-hydrogen) atoms. The van der Waals surface area contributed by atoms with Crippen molar-refractivity contribution in [3.63, 3.8) is 0 Å². The Kier molecular flexibility index (Phi) is 11.5. The third-order valence-corrected chi connectivity index (χ3v) is 2.63. The van der Waals surface area contributed by atoms with E-state index in [4.69, 9.17) is 4.74 Å². The van der Waals surface area contributed by atoms with Gasteiger partial charge in [0.15, 0.2) is 0 Å². The second-order valence-electron chi connectivity index (χ2n) is 4.20. The number of ether oxygens (including phenoxy) is 1. The lowest BCUT2D eigenvalue weighted by atomic mass is 10.1. The average molecular weight is 212 g/mol. The summed E-state index contributed by atoms with van der Waals surface area (Å²) >= 11 is 0. The second-order valence-corrected chi connectivity index (χ2v) is 4.20. The zero-order valence-corrected chi connectivity index (χ0v) is 10.8. The first kappa shape index (κ1) is 14.7. The van der Waals surface area contributed by atoms with Crippen LogP contribution in [0.3, 0.4) is 0 Å². The van der Waals surface area contributed by atoms with E-state index in [1.807, 2.05) is 6.92 Å². The lowest BCUT2D eigenvalue weighted by Crippen LogP contribution is -1.91. The van der Waals surface area contributed by atoms with E-state index in [0.717, 1.165) is 19.6 Å². The van der Waals surface area contributed by atoms with Gasteiger partial charge in [-0.2, -0.15) is 0 Å². The molecule has 1 heteroatoms. The minimum atomic E-state index is 0.837. The highest BCUT2D eigenvalue weighted by atomic mass is 16.5. The van der Waals surface area contributed by atoms with Crippen LogP contribution in [0.4, 0.5) is 0 Å². The Labute approximate surface area is 95.9 Å². The van der Waals surface area contributed by atoms with Crippen LogP contribution in [0.5, 0.6) is 0 Å². The molecule has 0 aromatic heterocycles. The van der Waals surface area contributed by atoms with Crippen molar-refractivity contribution >= 4 is 0 Å². The normalized spacial score (nSPS) is 12.1. The van der Waals surface area contributed by atoms with Gasteiger partial charge in [0.05, 0.1) is 0 Å². The van der Waals surface area contributed by atoms with Crippen LogP contribution in [-0.2, 0) is 4.74 Å². The average Bonchev–Trinajstić information content (AvgIpc) is 2.24. The number of hydrogen-bond donors (Lipinski definition) is 0. The van der Waals surface area contributed by atoms with Crippen LogP contribution in [0.1, 0.15) is 65.7 Å². The van der Waals surface area contributed by atoms with E-state index in [-0.39, 0.29) is 0 Å². The van der Waals surface area contributed by atoms with Gasteiger partial charge >= 0.3 is 0 Å². The minimum Gasteiger partial charge on any atom is -0.381 e. The fourth-order valence-corrected chi connectivity index (χ4v) is 1.64. The zero-order chi connectivity index (χ0) is 11.4. The molecule has 0 radical (unpaired) electrons. The summed E-state index contributed by atoms with van der Waals surface area (Å²) in [6, 6.07) is 0. The quantitative estimate of drug-likeness (QED) is 0.376. The summed E-state index contributed by atoms with van der Waals surface area (Å²) in [5.74, 6) is 0. The molecule has 0 aromatic carbocycles. The molecule has 90 valence electrons. The summed E-state index contributed by atoms with van der Waals surface area (Å²) < 4.78 is 5.30. The van der Waals surface area contributed by atoms with Gasteiger partial charge in [-0.1, -0.05) is 44.3 Å². The van der Waals surface area contributed by atoms with Crippen molar-refractivity contribution in [2.75, 3.05) is 13.2 Å². The second kappa shape index (κ2) is 11.8. The molecule has 0 bridgehead atoms. The molecule has 0 aliphatic carbocycles. The van der Waals surface area contributed by atoms with Crippen LogP contribution < -0.4 is 0 Å². The Hall–Kier alpha value is -0.300. The largest absolute Gasteiger partial charge is 0.381 e. The van der Waals surface area contributed by atoms with E-state index in [1.54, 1.807) is 0 Å². The first-order valence-electron chi connectivity index (χ1n) is 6.54. The molecule has 0 atom stereocenters. The monoisotopic (exact) mass is 212 g/mol. The first-order chi connectivity index (χ1) is 7.31. The molecular weight excluding hydrogens is 184 g/mol. The molecule has 0 fully saturated rings. The lowest BCUT2D eigenvalue weighted by Gasteiger charge is -2.02. The molecule has 0 heterocycles. The third kappa shape index (κ3) is 11.6. The van der Waals surface area contributed by atoms with E-state index in [2.05, 4.69) is 19.9 Å². The van der Waals surface area contributed by atoms with E-state index >= 15 is 0 Å². The van der Waals surface area contributed by atoms with Gasteiger partial charge in [-0.25, -0.2) is 0 Å². The number of rotatable bonds is 10. The van der Waals surface area contributed by atoms with Crippen LogP contribution in [0.15, 0.2) is 11.6 Å². The van der Waals surface area contributed by atoms with Crippen molar-refractivity contribution in [3.05, 3.63) is 11.6 Å². The van der Waals surface area contributed by atoms with Gasteiger partial charge in [0.1, 0.15) is 0 Å². The zero-order valence-electron chi connectivity index (χ0n) is 10.8. The lowest BCUT2D eigenvalue weighted by molar-refractivity contribution is 0.152. The Morgan fingerprint density at radius 3 is 2.47 bits per heavy atom. The van der Waals surface area contributed by atoms with Gasteiger partial charge < -0.3 is 4.74 Å². The Bertz CT molecular complexity index is 149. The van der Waals surface area contributed by atoms with Crippen molar-refractivity contribution in [1.82, 2.24) is 0 Å². The van der Waals surface area contributed by atoms with Crippen molar-refractivity contribution in [1.29, 1.82) is 0 Å². The highest BCUT2D eigenvalue weighted by molar-refractivity contribution is 4.97. The van der Waals surface area contributed by atoms with Gasteiger partial charge in [-0.05, 0) is 33.1 Å². The van der Waals surface area contributed by atoms with E-state index in [0.29, 0.717) is 0 Å². The summed E-state index contributed by atoms with van der Waals surface area (Å²) in [6.07, 6.45) is 11.6. The van der Waals surface area contributed by atoms with E-state index < -0.39 is 0 Å². The highest BCUT2D eigenvalue weighted by Crippen LogP contribution is 2.10. The summed E-state index contributed by atoms with van der Waals surface area (Å²) in [7, 11) is 0. The molecule has 0 saturated carbocycles. The molecule has 0 N–H and O–H groups in total. The topological polar surface area (TPSA) is 9.23 Å². The molecule has 0 unspecified atom stereocenters. The molecule has 0 amide bonds. The maximum Gasteiger partial charge on any atom is 0.0500 e. The van der Waals surface area contributed by atoms with Gasteiger partial charge in [0.25, 0.3) is 0 Å². The van der Waals surface area contributed by atoms with Gasteiger partial charge in [-0.15, -0.1) is 0 Å². The fourth-order valence-electron chi connectivity index (χ4n) is 1.64. The minimum absolute atomic E-state index is 0.837.